The fourth-order valence-electron chi connectivity index (χ4n) is 1.65. The number of aromatic carboxylic acids is 1. The topological polar surface area (TPSA) is 57.5 Å². The smallest absolute Gasteiger partial charge is 0.336 e. The molecule has 0 amide bonds. The Morgan fingerprint density at radius 2 is 1.82 bits per heavy atom. The second-order valence-corrected chi connectivity index (χ2v) is 3.99. The fraction of sp³-hybridized carbons (Fsp3) is 0. The monoisotopic (exact) mass is 248 g/mol. The maximum Gasteiger partial charge on any atom is 0.336 e. The third-order valence-electron chi connectivity index (χ3n) is 2.35. The summed E-state index contributed by atoms with van der Waals surface area (Å²) in [7, 11) is 0. The normalized spacial score (nSPS) is 10.2. The molecule has 0 bridgehead atoms. The lowest BCUT2D eigenvalue weighted by atomic mass is 9.99. The minimum Gasteiger partial charge on any atom is -0.508 e. The van der Waals surface area contributed by atoms with Gasteiger partial charge in [0.1, 0.15) is 5.75 Å². The van der Waals surface area contributed by atoms with Crippen molar-refractivity contribution < 1.29 is 15.0 Å². The lowest BCUT2D eigenvalue weighted by molar-refractivity contribution is 0.0697. The van der Waals surface area contributed by atoms with Crippen molar-refractivity contribution in [3.8, 4) is 16.9 Å². The molecule has 2 N–H and O–H groups in total. The molecule has 0 saturated carbocycles. The zero-order chi connectivity index (χ0) is 12.4. The first-order chi connectivity index (χ1) is 8.08. The number of hydrogen-bond acceptors (Lipinski definition) is 2. The number of carbonyl (C=O) groups is 1. The molecule has 4 heteroatoms. The van der Waals surface area contributed by atoms with Crippen molar-refractivity contribution in [1.82, 2.24) is 0 Å². The Morgan fingerprint density at radius 1 is 1.12 bits per heavy atom. The van der Waals surface area contributed by atoms with E-state index in [0.29, 0.717) is 16.1 Å². The van der Waals surface area contributed by atoms with E-state index in [4.69, 9.17) is 16.7 Å². The zero-order valence-corrected chi connectivity index (χ0v) is 9.48. The molecule has 0 saturated heterocycles. The summed E-state index contributed by atoms with van der Waals surface area (Å²) in [6.07, 6.45) is 0. The molecule has 0 aliphatic rings. The van der Waals surface area contributed by atoms with Crippen molar-refractivity contribution in [2.24, 2.45) is 0 Å². The highest BCUT2D eigenvalue weighted by Crippen LogP contribution is 2.30. The lowest BCUT2D eigenvalue weighted by Crippen LogP contribution is -1.98. The molecule has 17 heavy (non-hydrogen) atoms. The van der Waals surface area contributed by atoms with E-state index >= 15 is 0 Å². The molecule has 0 unspecified atom stereocenters. The number of phenolic OH excluding ortho intramolecular Hbond substituents is 1. The van der Waals surface area contributed by atoms with Crippen molar-refractivity contribution in [3.63, 3.8) is 0 Å². The second kappa shape index (κ2) is 4.47. The van der Waals surface area contributed by atoms with Crippen molar-refractivity contribution in [1.29, 1.82) is 0 Å². The van der Waals surface area contributed by atoms with Crippen LogP contribution >= 0.6 is 11.6 Å². The average molecular weight is 249 g/mol. The lowest BCUT2D eigenvalue weighted by Gasteiger charge is -2.07. The van der Waals surface area contributed by atoms with E-state index in [2.05, 4.69) is 0 Å². The summed E-state index contributed by atoms with van der Waals surface area (Å²) >= 11 is 5.82. The van der Waals surface area contributed by atoms with E-state index in [1.807, 2.05) is 0 Å². The maximum absolute atomic E-state index is 11.1. The van der Waals surface area contributed by atoms with E-state index < -0.39 is 5.97 Å². The Hall–Kier alpha value is -2.00. The quantitative estimate of drug-likeness (QED) is 0.856. The van der Waals surface area contributed by atoms with Crippen molar-refractivity contribution >= 4 is 17.6 Å². The maximum atomic E-state index is 11.1. The van der Waals surface area contributed by atoms with Crippen LogP contribution in [-0.2, 0) is 0 Å². The first kappa shape index (κ1) is 11.5. The van der Waals surface area contributed by atoms with E-state index in [-0.39, 0.29) is 11.3 Å². The third kappa shape index (κ3) is 2.40. The summed E-state index contributed by atoms with van der Waals surface area (Å²) in [5, 5.41) is 18.9. The van der Waals surface area contributed by atoms with Gasteiger partial charge < -0.3 is 10.2 Å². The minimum atomic E-state index is -1.01. The Balaban J connectivity index is 2.64. The van der Waals surface area contributed by atoms with Gasteiger partial charge in [0.2, 0.25) is 0 Å². The Kier molecular flexibility index (Phi) is 3.02. The van der Waals surface area contributed by atoms with E-state index in [9.17, 15) is 9.90 Å². The molecule has 0 aliphatic heterocycles. The summed E-state index contributed by atoms with van der Waals surface area (Å²) in [5.41, 5.74) is 1.28. The molecule has 0 atom stereocenters. The van der Waals surface area contributed by atoms with Gasteiger partial charge in [-0.05, 0) is 35.4 Å². The van der Waals surface area contributed by atoms with Crippen LogP contribution in [0.2, 0.25) is 5.02 Å². The van der Waals surface area contributed by atoms with Crippen LogP contribution in [0, 0.1) is 0 Å². The number of benzene rings is 2. The van der Waals surface area contributed by atoms with Crippen LogP contribution < -0.4 is 0 Å². The molecule has 0 fully saturated rings. The minimum absolute atomic E-state index is 0.00712. The Bertz CT molecular complexity index is 558. The van der Waals surface area contributed by atoms with Gasteiger partial charge in [0.25, 0.3) is 0 Å². The molecule has 0 aromatic heterocycles. The Morgan fingerprint density at radius 3 is 2.47 bits per heavy atom. The molecule has 2 aromatic rings. The number of phenols is 1. The largest absolute Gasteiger partial charge is 0.508 e. The predicted octanol–water partition coefficient (Wildman–Crippen LogP) is 3.41. The fourth-order valence-corrected chi connectivity index (χ4v) is 1.88. The van der Waals surface area contributed by atoms with Gasteiger partial charge in [-0.2, -0.15) is 0 Å². The van der Waals surface area contributed by atoms with Crippen LogP contribution in [0.3, 0.4) is 0 Å². The van der Waals surface area contributed by atoms with Crippen molar-refractivity contribution in [3.05, 3.63) is 53.1 Å². The molecule has 0 aliphatic carbocycles. The van der Waals surface area contributed by atoms with Gasteiger partial charge in [-0.3, -0.25) is 0 Å². The Labute approximate surface area is 103 Å². The zero-order valence-electron chi connectivity index (χ0n) is 8.72. The molecule has 0 spiro atoms. The molecule has 0 radical (unpaired) electrons. The predicted molar refractivity (Wildman–Crippen MR) is 65.5 cm³/mol. The van der Waals surface area contributed by atoms with Crippen molar-refractivity contribution in [2.45, 2.75) is 0 Å². The molecule has 2 aromatic carbocycles. The van der Waals surface area contributed by atoms with Crippen molar-refractivity contribution in [2.75, 3.05) is 0 Å². The van der Waals surface area contributed by atoms with Gasteiger partial charge in [0, 0.05) is 5.02 Å². The van der Waals surface area contributed by atoms with Gasteiger partial charge in [0.15, 0.2) is 0 Å². The number of hydrogen-bond donors (Lipinski definition) is 2. The molecule has 0 heterocycles. The standard InChI is InChI=1S/C13H9ClO3/c14-9-5-8(6-10(15)7-9)11-3-1-2-4-12(11)13(16)17/h1-7,15H,(H,16,17). The number of rotatable bonds is 2. The van der Waals surface area contributed by atoms with Crippen LogP contribution in [0.15, 0.2) is 42.5 Å². The highest BCUT2D eigenvalue weighted by Gasteiger charge is 2.11. The molecule has 86 valence electrons. The molecular weight excluding hydrogens is 240 g/mol. The van der Waals surface area contributed by atoms with E-state index in [0.717, 1.165) is 0 Å². The highest BCUT2D eigenvalue weighted by atomic mass is 35.5. The molecule has 2 rings (SSSR count). The van der Waals surface area contributed by atoms with Gasteiger partial charge >= 0.3 is 5.97 Å². The first-order valence-corrected chi connectivity index (χ1v) is 5.28. The van der Waals surface area contributed by atoms with Gasteiger partial charge in [-0.25, -0.2) is 4.79 Å². The SMILES string of the molecule is O=C(O)c1ccccc1-c1cc(O)cc(Cl)c1. The highest BCUT2D eigenvalue weighted by molar-refractivity contribution is 6.31. The van der Waals surface area contributed by atoms with Crippen LogP contribution in [0.4, 0.5) is 0 Å². The summed E-state index contributed by atoms with van der Waals surface area (Å²) in [5.74, 6) is -1.01. The van der Waals surface area contributed by atoms with Gasteiger partial charge in [-0.15, -0.1) is 0 Å². The van der Waals surface area contributed by atoms with Crippen LogP contribution in [0.1, 0.15) is 10.4 Å². The van der Waals surface area contributed by atoms with Crippen LogP contribution in [0.25, 0.3) is 11.1 Å². The third-order valence-corrected chi connectivity index (χ3v) is 2.57. The summed E-state index contributed by atoms with van der Waals surface area (Å²) in [4.78, 5) is 11.1. The van der Waals surface area contributed by atoms with E-state index in [1.54, 1.807) is 24.3 Å². The van der Waals surface area contributed by atoms with Gasteiger partial charge in [-0.1, -0.05) is 29.8 Å². The second-order valence-electron chi connectivity index (χ2n) is 3.55. The number of halogens is 1. The van der Waals surface area contributed by atoms with Gasteiger partial charge in [0.05, 0.1) is 5.56 Å². The van der Waals surface area contributed by atoms with E-state index in [1.165, 1.54) is 18.2 Å². The number of aromatic hydroxyl groups is 1. The average Bonchev–Trinajstić information content (AvgIpc) is 2.27. The first-order valence-electron chi connectivity index (χ1n) is 4.90. The summed E-state index contributed by atoms with van der Waals surface area (Å²) in [6.45, 7) is 0. The molecular formula is C13H9ClO3. The summed E-state index contributed by atoms with van der Waals surface area (Å²) in [6, 6.07) is 11.1. The van der Waals surface area contributed by atoms with Crippen LogP contribution in [0.5, 0.6) is 5.75 Å². The molecule has 3 nitrogen and oxygen atoms in total. The number of carboxylic acids is 1. The van der Waals surface area contributed by atoms with Crippen LogP contribution in [-0.4, -0.2) is 16.2 Å². The summed E-state index contributed by atoms with van der Waals surface area (Å²) < 4.78 is 0. The number of carboxylic acid groups (broad SMARTS) is 1.